The number of hydrogen-bond donors (Lipinski definition) is 1. The lowest BCUT2D eigenvalue weighted by Gasteiger charge is -2.13. The molecule has 19 heavy (non-hydrogen) atoms. The van der Waals surface area contributed by atoms with Gasteiger partial charge >= 0.3 is 0 Å². The van der Waals surface area contributed by atoms with Gasteiger partial charge in [-0.3, -0.25) is 4.68 Å². The fourth-order valence-corrected chi connectivity index (χ4v) is 2.93. The van der Waals surface area contributed by atoms with Crippen molar-refractivity contribution in [2.24, 2.45) is 7.05 Å². The Hall–Kier alpha value is -1.62. The summed E-state index contributed by atoms with van der Waals surface area (Å²) in [5.41, 5.74) is 2.95. The van der Waals surface area contributed by atoms with Crippen LogP contribution in [0.25, 0.3) is 0 Å². The topological polar surface area (TPSA) is 47.7 Å². The highest BCUT2D eigenvalue weighted by Gasteiger charge is 2.19. The molecule has 5 nitrogen and oxygen atoms in total. The Bertz CT molecular complexity index is 554. The first-order valence-corrected chi connectivity index (χ1v) is 6.96. The van der Waals surface area contributed by atoms with Gasteiger partial charge in [0.15, 0.2) is 0 Å². The largest absolute Gasteiger partial charge is 0.346 e. The van der Waals surface area contributed by atoms with Crippen LogP contribution in [0.5, 0.6) is 0 Å². The Balaban J connectivity index is 1.87. The predicted octanol–water partition coefficient (Wildman–Crippen LogP) is 1.65. The number of aromatic nitrogens is 4. The molecule has 1 unspecified atom stereocenters. The zero-order chi connectivity index (χ0) is 13.2. The highest BCUT2D eigenvalue weighted by Crippen LogP contribution is 2.29. The van der Waals surface area contributed by atoms with Crippen molar-refractivity contribution in [3.8, 4) is 0 Å². The van der Waals surface area contributed by atoms with Crippen molar-refractivity contribution in [1.82, 2.24) is 24.6 Å². The van der Waals surface area contributed by atoms with E-state index >= 15 is 0 Å². The summed E-state index contributed by atoms with van der Waals surface area (Å²) in [6.45, 7) is 0.792. The van der Waals surface area contributed by atoms with E-state index in [9.17, 15) is 0 Å². The predicted molar refractivity (Wildman–Crippen MR) is 73.9 cm³/mol. The van der Waals surface area contributed by atoms with Crippen molar-refractivity contribution < 1.29 is 0 Å². The summed E-state index contributed by atoms with van der Waals surface area (Å²) in [5, 5.41) is 7.56. The molecule has 1 atom stereocenters. The van der Waals surface area contributed by atoms with E-state index in [0.717, 1.165) is 12.4 Å². The number of aryl methyl sites for hydroxylation is 2. The first-order valence-electron chi connectivity index (χ1n) is 6.96. The van der Waals surface area contributed by atoms with Crippen LogP contribution in [-0.4, -0.2) is 26.4 Å². The maximum absolute atomic E-state index is 4.29. The zero-order valence-electron chi connectivity index (χ0n) is 11.6. The van der Waals surface area contributed by atoms with Crippen molar-refractivity contribution >= 4 is 0 Å². The van der Waals surface area contributed by atoms with Crippen LogP contribution < -0.4 is 5.32 Å². The van der Waals surface area contributed by atoms with Crippen LogP contribution in [0.4, 0.5) is 0 Å². The minimum absolute atomic E-state index is 0.498. The minimum atomic E-state index is 0.498. The highest BCUT2D eigenvalue weighted by atomic mass is 15.3. The van der Waals surface area contributed by atoms with Gasteiger partial charge in [0.05, 0.1) is 6.54 Å². The molecule has 2 heterocycles. The van der Waals surface area contributed by atoms with Gasteiger partial charge in [0, 0.05) is 25.5 Å². The van der Waals surface area contributed by atoms with Gasteiger partial charge in [0.25, 0.3) is 0 Å². The zero-order valence-corrected chi connectivity index (χ0v) is 11.6. The average molecular weight is 259 g/mol. The van der Waals surface area contributed by atoms with Gasteiger partial charge in [-0.2, -0.15) is 5.10 Å². The van der Waals surface area contributed by atoms with Gasteiger partial charge < -0.3 is 9.88 Å². The van der Waals surface area contributed by atoms with Crippen LogP contribution in [-0.2, 0) is 20.0 Å². The van der Waals surface area contributed by atoms with Crippen molar-refractivity contribution in [2.45, 2.75) is 38.3 Å². The Morgan fingerprint density at radius 3 is 3.00 bits per heavy atom. The monoisotopic (exact) mass is 259 g/mol. The molecular weight excluding hydrogens is 238 g/mol. The van der Waals surface area contributed by atoms with E-state index in [-0.39, 0.29) is 0 Å². The highest BCUT2D eigenvalue weighted by molar-refractivity contribution is 5.29. The number of fused-ring (bicyclic) bond motifs is 1. The van der Waals surface area contributed by atoms with E-state index in [1.165, 1.54) is 36.8 Å². The van der Waals surface area contributed by atoms with E-state index in [2.05, 4.69) is 39.4 Å². The van der Waals surface area contributed by atoms with Gasteiger partial charge in [-0.05, 0) is 37.4 Å². The minimum Gasteiger partial charge on any atom is -0.346 e. The lowest BCUT2D eigenvalue weighted by Crippen LogP contribution is -2.15. The third-order valence-corrected chi connectivity index (χ3v) is 4.04. The van der Waals surface area contributed by atoms with Crippen LogP contribution in [0, 0.1) is 0 Å². The Kier molecular flexibility index (Phi) is 3.38. The maximum atomic E-state index is 4.29. The number of hydrogen-bond acceptors (Lipinski definition) is 3. The third kappa shape index (κ3) is 2.42. The summed E-state index contributed by atoms with van der Waals surface area (Å²) >= 11 is 0. The van der Waals surface area contributed by atoms with Crippen molar-refractivity contribution in [3.05, 3.63) is 35.7 Å². The number of nitrogens with one attached hydrogen (secondary N) is 1. The first-order chi connectivity index (χ1) is 9.28. The van der Waals surface area contributed by atoms with Crippen LogP contribution in [0.1, 0.15) is 42.3 Å². The van der Waals surface area contributed by atoms with Gasteiger partial charge in [-0.25, -0.2) is 4.98 Å². The molecule has 5 heteroatoms. The molecule has 2 aromatic heterocycles. The van der Waals surface area contributed by atoms with Gasteiger partial charge in [0.1, 0.15) is 12.2 Å². The average Bonchev–Trinajstić information content (AvgIpc) is 2.93. The summed E-state index contributed by atoms with van der Waals surface area (Å²) in [6.07, 6.45) is 11.2. The van der Waals surface area contributed by atoms with Crippen molar-refractivity contribution in [2.75, 3.05) is 7.05 Å². The fraction of sp³-hybridized carbons (Fsp3) is 0.571. The molecule has 1 aliphatic rings. The Morgan fingerprint density at radius 2 is 2.26 bits per heavy atom. The van der Waals surface area contributed by atoms with Crippen molar-refractivity contribution in [1.29, 1.82) is 0 Å². The molecule has 0 saturated heterocycles. The molecule has 2 aromatic rings. The number of nitrogens with zero attached hydrogens (tertiary/aromatic N) is 4. The standard InChI is InChI=1S/C14H21N5/c1-15-13-6-4-3-5-11-7-19(8-12(11)13)9-14-16-10-17-18(14)2/h7-8,10,13,15H,3-6,9H2,1-2H3. The molecule has 0 aromatic carbocycles. The van der Waals surface area contributed by atoms with Crippen molar-refractivity contribution in [3.63, 3.8) is 0 Å². The van der Waals surface area contributed by atoms with E-state index in [4.69, 9.17) is 0 Å². The molecule has 0 saturated carbocycles. The van der Waals surface area contributed by atoms with Crippen LogP contribution >= 0.6 is 0 Å². The molecule has 0 radical (unpaired) electrons. The van der Waals surface area contributed by atoms with Crippen LogP contribution in [0.2, 0.25) is 0 Å². The lowest BCUT2D eigenvalue weighted by atomic mass is 10.1. The van der Waals surface area contributed by atoms with Crippen LogP contribution in [0.3, 0.4) is 0 Å². The molecule has 1 aliphatic carbocycles. The SMILES string of the molecule is CNC1CCCCc2cn(Cc3ncnn3C)cc21. The molecule has 0 fully saturated rings. The van der Waals surface area contributed by atoms with E-state index in [1.807, 2.05) is 11.7 Å². The molecule has 0 aliphatic heterocycles. The molecule has 1 N–H and O–H groups in total. The molecule has 102 valence electrons. The summed E-state index contributed by atoms with van der Waals surface area (Å²) < 4.78 is 4.07. The molecule has 0 bridgehead atoms. The second-order valence-corrected chi connectivity index (χ2v) is 5.30. The molecular formula is C14H21N5. The summed E-state index contributed by atoms with van der Waals surface area (Å²) in [5.74, 6) is 0.992. The molecule has 0 amide bonds. The van der Waals surface area contributed by atoms with Gasteiger partial charge in [-0.15, -0.1) is 0 Å². The van der Waals surface area contributed by atoms with E-state index in [1.54, 1.807) is 6.33 Å². The normalized spacial score (nSPS) is 19.2. The summed E-state index contributed by atoms with van der Waals surface area (Å²) in [7, 11) is 3.99. The summed E-state index contributed by atoms with van der Waals surface area (Å²) in [6, 6.07) is 0.498. The van der Waals surface area contributed by atoms with Gasteiger partial charge in [0.2, 0.25) is 0 Å². The quantitative estimate of drug-likeness (QED) is 0.853. The number of rotatable bonds is 3. The van der Waals surface area contributed by atoms with Crippen LogP contribution in [0.15, 0.2) is 18.7 Å². The molecule has 3 rings (SSSR count). The maximum Gasteiger partial charge on any atom is 0.146 e. The first kappa shape index (κ1) is 12.4. The molecule has 0 spiro atoms. The van der Waals surface area contributed by atoms with Gasteiger partial charge in [-0.1, -0.05) is 6.42 Å². The van der Waals surface area contributed by atoms with E-state index < -0.39 is 0 Å². The smallest absolute Gasteiger partial charge is 0.146 e. The Labute approximate surface area is 113 Å². The lowest BCUT2D eigenvalue weighted by molar-refractivity contribution is 0.530. The summed E-state index contributed by atoms with van der Waals surface area (Å²) in [4.78, 5) is 4.29. The third-order valence-electron chi connectivity index (χ3n) is 4.04. The fourth-order valence-electron chi connectivity index (χ4n) is 2.93. The van der Waals surface area contributed by atoms with E-state index in [0.29, 0.717) is 6.04 Å². The Morgan fingerprint density at radius 1 is 1.37 bits per heavy atom. The second-order valence-electron chi connectivity index (χ2n) is 5.30. The second kappa shape index (κ2) is 5.17.